The lowest BCUT2D eigenvalue weighted by molar-refractivity contribution is -0.198. The summed E-state index contributed by atoms with van der Waals surface area (Å²) in [6, 6.07) is 8.64. The van der Waals surface area contributed by atoms with Gasteiger partial charge in [0.1, 0.15) is 6.54 Å². The fourth-order valence-corrected chi connectivity index (χ4v) is 2.84. The molecule has 2 amide bonds. The van der Waals surface area contributed by atoms with Gasteiger partial charge in [-0.15, -0.1) is 5.06 Å². The zero-order chi connectivity index (χ0) is 21.1. The number of imide groups is 1. The molecule has 10 heteroatoms. The van der Waals surface area contributed by atoms with Gasteiger partial charge in [0, 0.05) is 19.0 Å². The maximum Gasteiger partial charge on any atom is 0.352 e. The highest BCUT2D eigenvalue weighted by molar-refractivity contribution is 6.01. The highest BCUT2D eigenvalue weighted by atomic mass is 16.7. The minimum atomic E-state index is -1.06. The number of carbonyl (C=O) groups is 4. The van der Waals surface area contributed by atoms with Crippen LogP contribution in [0.25, 0.3) is 0 Å². The van der Waals surface area contributed by atoms with Crippen molar-refractivity contribution in [2.24, 2.45) is 0 Å². The Labute approximate surface area is 163 Å². The summed E-state index contributed by atoms with van der Waals surface area (Å²) >= 11 is 0. The maximum absolute atomic E-state index is 12.7. The van der Waals surface area contributed by atoms with Crippen LogP contribution < -0.4 is 11.2 Å². The van der Waals surface area contributed by atoms with Crippen LogP contribution in [0, 0.1) is 0 Å². The zero-order valence-corrected chi connectivity index (χ0v) is 15.5. The summed E-state index contributed by atoms with van der Waals surface area (Å²) in [7, 11) is 0. The van der Waals surface area contributed by atoms with E-state index in [1.807, 2.05) is 0 Å². The fourth-order valence-electron chi connectivity index (χ4n) is 2.84. The average Bonchev–Trinajstić information content (AvgIpc) is 3.00. The first-order valence-corrected chi connectivity index (χ1v) is 8.73. The normalized spacial score (nSPS) is 13.6. The van der Waals surface area contributed by atoms with Crippen LogP contribution in [0.1, 0.15) is 35.7 Å². The van der Waals surface area contributed by atoms with Crippen LogP contribution in [-0.2, 0) is 32.3 Å². The molecule has 1 aromatic heterocycles. The first-order valence-electron chi connectivity index (χ1n) is 8.73. The highest BCUT2D eigenvalue weighted by Gasteiger charge is 2.33. The van der Waals surface area contributed by atoms with Crippen LogP contribution >= 0.6 is 0 Å². The van der Waals surface area contributed by atoms with E-state index < -0.39 is 41.4 Å². The minimum absolute atomic E-state index is 0.0670. The van der Waals surface area contributed by atoms with Gasteiger partial charge in [-0.2, -0.15) is 0 Å². The number of carbonyl (C=O) groups excluding carboxylic acids is 4. The number of hydroxylamine groups is 2. The summed E-state index contributed by atoms with van der Waals surface area (Å²) in [4.78, 5) is 77.1. The van der Waals surface area contributed by atoms with Gasteiger partial charge >= 0.3 is 11.7 Å². The third kappa shape index (κ3) is 4.21. The van der Waals surface area contributed by atoms with Gasteiger partial charge in [0.15, 0.2) is 5.78 Å². The summed E-state index contributed by atoms with van der Waals surface area (Å²) in [5, 5.41) is 0.360. The molecule has 0 N–H and O–H groups in total. The Bertz CT molecular complexity index is 1100. The Morgan fingerprint density at radius 1 is 1.00 bits per heavy atom. The minimum Gasteiger partial charge on any atom is -0.328 e. The zero-order valence-electron chi connectivity index (χ0n) is 15.5. The van der Waals surface area contributed by atoms with Crippen molar-refractivity contribution in [3.8, 4) is 0 Å². The molecule has 1 fully saturated rings. The van der Waals surface area contributed by atoms with Gasteiger partial charge in [-0.1, -0.05) is 30.3 Å². The Morgan fingerprint density at radius 2 is 1.62 bits per heavy atom. The Morgan fingerprint density at radius 3 is 2.21 bits per heavy atom. The van der Waals surface area contributed by atoms with Crippen molar-refractivity contribution in [2.45, 2.75) is 32.9 Å². The van der Waals surface area contributed by atoms with Gasteiger partial charge in [0.05, 0.1) is 12.1 Å². The summed E-state index contributed by atoms with van der Waals surface area (Å²) in [6.07, 6.45) is 0.842. The summed E-state index contributed by atoms with van der Waals surface area (Å²) in [5.74, 6) is -2.96. The number of nitrogens with zero attached hydrogens (tertiary/aromatic N) is 3. The number of amides is 2. The number of hydrogen-bond donors (Lipinski definition) is 0. The lowest BCUT2D eigenvalue weighted by Crippen LogP contribution is -2.44. The lowest BCUT2D eigenvalue weighted by Gasteiger charge is -2.15. The molecule has 2 heterocycles. The third-order valence-electron chi connectivity index (χ3n) is 4.30. The van der Waals surface area contributed by atoms with E-state index in [1.54, 1.807) is 30.3 Å². The molecule has 0 saturated carbocycles. The molecule has 0 spiro atoms. The van der Waals surface area contributed by atoms with Crippen molar-refractivity contribution in [3.63, 3.8) is 0 Å². The summed E-state index contributed by atoms with van der Waals surface area (Å²) < 4.78 is 1.68. The second-order valence-electron chi connectivity index (χ2n) is 6.43. The Balaban J connectivity index is 1.94. The third-order valence-corrected chi connectivity index (χ3v) is 4.30. The number of Topliss-reactive ketones (excluding diaryl/α,β-unsaturated/α-hetero) is 1. The van der Waals surface area contributed by atoms with Gasteiger partial charge in [0.25, 0.3) is 17.4 Å². The molecular formula is C19H17N3O7. The van der Waals surface area contributed by atoms with Crippen LogP contribution in [0.3, 0.4) is 0 Å². The number of rotatable bonds is 6. The van der Waals surface area contributed by atoms with Crippen molar-refractivity contribution in [1.82, 2.24) is 14.2 Å². The van der Waals surface area contributed by atoms with Crippen molar-refractivity contribution in [3.05, 3.63) is 68.5 Å². The molecule has 3 rings (SSSR count). The van der Waals surface area contributed by atoms with E-state index in [4.69, 9.17) is 4.84 Å². The van der Waals surface area contributed by atoms with Crippen molar-refractivity contribution >= 4 is 23.6 Å². The molecule has 2 aromatic rings. The first kappa shape index (κ1) is 19.9. The highest BCUT2D eigenvalue weighted by Crippen LogP contribution is 2.12. The molecule has 150 valence electrons. The van der Waals surface area contributed by atoms with Crippen molar-refractivity contribution in [2.75, 3.05) is 0 Å². The fraction of sp³-hybridized carbons (Fsp3) is 0.263. The Hall–Kier alpha value is -3.82. The second-order valence-corrected chi connectivity index (χ2v) is 6.43. The predicted molar refractivity (Wildman–Crippen MR) is 97.7 cm³/mol. The molecule has 0 bridgehead atoms. The number of ketones is 1. The predicted octanol–water partition coefficient (Wildman–Crippen LogP) is -0.132. The molecule has 29 heavy (non-hydrogen) atoms. The topological polar surface area (TPSA) is 125 Å². The molecule has 0 aliphatic carbocycles. The van der Waals surface area contributed by atoms with Crippen LogP contribution in [0.15, 0.2) is 46.1 Å². The van der Waals surface area contributed by atoms with Crippen molar-refractivity contribution in [1.29, 1.82) is 0 Å². The summed E-state index contributed by atoms with van der Waals surface area (Å²) in [5.41, 5.74) is -1.24. The molecule has 0 atom stereocenters. The van der Waals surface area contributed by atoms with Crippen molar-refractivity contribution < 1.29 is 24.0 Å². The Kier molecular flexibility index (Phi) is 5.53. The molecule has 1 aliphatic heterocycles. The molecule has 0 unspecified atom stereocenters. The van der Waals surface area contributed by atoms with E-state index in [0.29, 0.717) is 10.6 Å². The van der Waals surface area contributed by atoms with E-state index in [1.165, 1.54) is 0 Å². The maximum atomic E-state index is 12.7. The number of benzene rings is 1. The lowest BCUT2D eigenvalue weighted by atomic mass is 10.2. The monoisotopic (exact) mass is 399 g/mol. The average molecular weight is 399 g/mol. The van der Waals surface area contributed by atoms with Gasteiger partial charge < -0.3 is 4.84 Å². The number of aromatic nitrogens is 2. The van der Waals surface area contributed by atoms with E-state index in [2.05, 4.69) is 0 Å². The van der Waals surface area contributed by atoms with E-state index in [9.17, 15) is 28.8 Å². The SMILES string of the molecule is CC(=O)c1cn(CC(=O)ON2C(=O)CCC2=O)c(=O)n(Cc2ccccc2)c1=O. The molecular weight excluding hydrogens is 382 g/mol. The van der Waals surface area contributed by atoms with E-state index >= 15 is 0 Å². The van der Waals surface area contributed by atoms with Gasteiger partial charge in [-0.25, -0.2) is 9.59 Å². The van der Waals surface area contributed by atoms with Gasteiger partial charge in [0.2, 0.25) is 0 Å². The van der Waals surface area contributed by atoms with Gasteiger partial charge in [-0.05, 0) is 12.5 Å². The van der Waals surface area contributed by atoms with Crippen LogP contribution in [0.4, 0.5) is 0 Å². The van der Waals surface area contributed by atoms with Crippen LogP contribution in [-0.4, -0.2) is 37.8 Å². The molecule has 1 aromatic carbocycles. The largest absolute Gasteiger partial charge is 0.352 e. The standard InChI is InChI=1S/C19H17N3O7/c1-12(23)14-10-20(11-17(26)29-22-15(24)7-8-16(22)25)19(28)21(18(14)27)9-13-5-3-2-4-6-13/h2-6,10H,7-9,11H2,1H3. The first-order chi connectivity index (χ1) is 13.8. The second kappa shape index (κ2) is 8.05. The smallest absolute Gasteiger partial charge is 0.328 e. The van der Waals surface area contributed by atoms with Crippen LogP contribution in [0.5, 0.6) is 0 Å². The number of hydrogen-bond acceptors (Lipinski definition) is 7. The van der Waals surface area contributed by atoms with E-state index in [-0.39, 0.29) is 24.9 Å². The van der Waals surface area contributed by atoms with Crippen LogP contribution in [0.2, 0.25) is 0 Å². The van der Waals surface area contributed by atoms with E-state index in [0.717, 1.165) is 22.3 Å². The molecule has 1 aliphatic rings. The molecule has 10 nitrogen and oxygen atoms in total. The van der Waals surface area contributed by atoms with Gasteiger partial charge in [-0.3, -0.25) is 28.3 Å². The quantitative estimate of drug-likeness (QED) is 0.489. The molecule has 0 radical (unpaired) electrons. The molecule has 1 saturated heterocycles. The summed E-state index contributed by atoms with van der Waals surface area (Å²) in [6.45, 7) is 0.376.